The molecule has 0 amide bonds. The molecule has 0 atom stereocenters. The van der Waals surface area contributed by atoms with Gasteiger partial charge in [0.15, 0.2) is 10.1 Å². The largest absolute Gasteiger partial charge is 1.00 e. The summed E-state index contributed by atoms with van der Waals surface area (Å²) in [5.74, 6) is -161. The number of rotatable bonds is 17. The molecule has 0 heterocycles. The van der Waals surface area contributed by atoms with E-state index in [0.29, 0.717) is 0 Å². The maximum Gasteiger partial charge on any atom is 1.00 e. The van der Waals surface area contributed by atoms with Gasteiger partial charge in [-0.1, -0.05) is 0 Å². The van der Waals surface area contributed by atoms with E-state index in [2.05, 4.69) is 0 Å². The third-order valence-corrected chi connectivity index (χ3v) is 7.83. The van der Waals surface area contributed by atoms with Crippen LogP contribution in [-0.2, 0) is 10.1 Å². The molecular weight excluding hydrogens is 1020 g/mol. The topological polar surface area (TPSA) is 57.2 Å². The molecule has 0 radical (unpaired) electrons. The summed E-state index contributed by atoms with van der Waals surface area (Å²) in [7, 11) is -8.77. The summed E-state index contributed by atoms with van der Waals surface area (Å²) in [4.78, 5) is 0. The Bertz CT molecular complexity index is 1690. The van der Waals surface area contributed by atoms with E-state index in [1.165, 1.54) is 0 Å². The van der Waals surface area contributed by atoms with Crippen LogP contribution in [0.2, 0.25) is 0 Å². The van der Waals surface area contributed by atoms with Crippen LogP contribution in [0.15, 0.2) is 0 Å². The third kappa shape index (κ3) is 6.71. The second-order valence-corrected chi connectivity index (χ2v) is 12.1. The fourth-order valence-corrected chi connectivity index (χ4v) is 3.72. The molecular formula is C18F37NaO3S. The van der Waals surface area contributed by atoms with Crippen molar-refractivity contribution in [1.82, 2.24) is 0 Å². The van der Waals surface area contributed by atoms with E-state index in [1.807, 2.05) is 0 Å². The fraction of sp³-hybridized carbons (Fsp3) is 1.00. The molecule has 0 bridgehead atoms. The van der Waals surface area contributed by atoms with Crippen LogP contribution in [0.4, 0.5) is 162 Å². The van der Waals surface area contributed by atoms with E-state index in [1.54, 1.807) is 0 Å². The van der Waals surface area contributed by atoms with Gasteiger partial charge in [-0.3, -0.25) is 0 Å². The van der Waals surface area contributed by atoms with Crippen molar-refractivity contribution in [3.05, 3.63) is 0 Å². The zero-order chi connectivity index (χ0) is 49.5. The van der Waals surface area contributed by atoms with Crippen LogP contribution in [0.25, 0.3) is 0 Å². The summed E-state index contributed by atoms with van der Waals surface area (Å²) >= 11 is 0. The minimum absolute atomic E-state index is 0. The van der Waals surface area contributed by atoms with Crippen molar-refractivity contribution < 1.29 is 205 Å². The number of halogens is 37. The molecule has 0 aliphatic rings. The Hall–Kier alpha value is -1.68. The smallest absolute Gasteiger partial charge is 0.743 e. The first-order chi connectivity index (χ1) is 24.5. The van der Waals surface area contributed by atoms with Crippen LogP contribution in [0.1, 0.15) is 0 Å². The van der Waals surface area contributed by atoms with Gasteiger partial charge in [0.1, 0.15) is 0 Å². The van der Waals surface area contributed by atoms with Gasteiger partial charge in [-0.2, -0.15) is 162 Å². The van der Waals surface area contributed by atoms with Crippen molar-refractivity contribution in [2.45, 2.75) is 106 Å². The maximum absolute atomic E-state index is 13.9. The molecule has 0 aromatic carbocycles. The molecule has 0 N–H and O–H groups in total. The monoisotopic (exact) mass is 1020 g/mol. The van der Waals surface area contributed by atoms with Crippen molar-refractivity contribution in [2.75, 3.05) is 0 Å². The number of hydrogen-bond acceptors (Lipinski definition) is 3. The predicted octanol–water partition coefficient (Wildman–Crippen LogP) is 7.86. The standard InChI is InChI=1S/C18HF37O3S.Na/c19-1(20,3(23,24)5(27,28)7(31,32)9(35,36)11(39,40)13(43,44)15(47,48)17(51,52)53)2(21,22)4(25,26)6(29,30)8(33,34)10(37,38)12(41,42)14(45,46)16(49,50)18(54,55)59(56,57)58;/h(H,56,57,58);/q;+1/p-1. The molecule has 60 heavy (non-hydrogen) atoms. The van der Waals surface area contributed by atoms with Crippen molar-refractivity contribution in [3.8, 4) is 0 Å². The molecule has 356 valence electrons. The summed E-state index contributed by atoms with van der Waals surface area (Å²) in [6.45, 7) is 0. The van der Waals surface area contributed by atoms with Gasteiger partial charge < -0.3 is 4.55 Å². The van der Waals surface area contributed by atoms with Crippen LogP contribution >= 0.6 is 0 Å². The van der Waals surface area contributed by atoms with Crippen LogP contribution in [0.5, 0.6) is 0 Å². The van der Waals surface area contributed by atoms with Gasteiger partial charge >= 0.3 is 136 Å². The van der Waals surface area contributed by atoms with E-state index in [0.717, 1.165) is 0 Å². The van der Waals surface area contributed by atoms with E-state index in [9.17, 15) is 175 Å². The van der Waals surface area contributed by atoms with Crippen LogP contribution in [0, 0.1) is 0 Å². The number of alkyl halides is 37. The van der Waals surface area contributed by atoms with Gasteiger partial charge in [0.25, 0.3) is 0 Å². The van der Waals surface area contributed by atoms with Gasteiger partial charge in [-0.15, -0.1) is 0 Å². The molecule has 0 aliphatic heterocycles. The quantitative estimate of drug-likeness (QED) is 0.0849. The zero-order valence-corrected chi connectivity index (χ0v) is 28.4. The van der Waals surface area contributed by atoms with Gasteiger partial charge in [-0.25, -0.2) is 8.42 Å². The molecule has 0 aromatic heterocycles. The summed E-state index contributed by atoms with van der Waals surface area (Å²) in [6, 6.07) is 0. The summed E-state index contributed by atoms with van der Waals surface area (Å²) in [6.07, 6.45) is -8.49. The Morgan fingerprint density at radius 3 is 0.417 bits per heavy atom. The third-order valence-electron chi connectivity index (χ3n) is 6.95. The van der Waals surface area contributed by atoms with E-state index in [4.69, 9.17) is 0 Å². The average Bonchev–Trinajstić information content (AvgIpc) is 2.98. The number of hydrogen-bond donors (Lipinski definition) is 0. The normalized spacial score (nSPS) is 17.2. The van der Waals surface area contributed by atoms with Crippen molar-refractivity contribution in [3.63, 3.8) is 0 Å². The van der Waals surface area contributed by atoms with Crippen molar-refractivity contribution >= 4 is 10.1 Å². The Morgan fingerprint density at radius 2 is 0.317 bits per heavy atom. The molecule has 0 aliphatic carbocycles. The van der Waals surface area contributed by atoms with E-state index in [-0.39, 0.29) is 29.6 Å². The molecule has 0 rings (SSSR count). The van der Waals surface area contributed by atoms with Crippen LogP contribution in [0.3, 0.4) is 0 Å². The molecule has 0 fully saturated rings. The zero-order valence-electron chi connectivity index (χ0n) is 25.6. The van der Waals surface area contributed by atoms with Crippen molar-refractivity contribution in [2.24, 2.45) is 0 Å². The minimum Gasteiger partial charge on any atom is -0.743 e. The molecule has 3 nitrogen and oxygen atoms in total. The summed E-state index contributed by atoms with van der Waals surface area (Å²) in [5.41, 5.74) is 0. The first-order valence-electron chi connectivity index (χ1n) is 11.9. The Labute approximate surface area is 321 Å². The van der Waals surface area contributed by atoms with Gasteiger partial charge in [0.05, 0.1) is 0 Å². The minimum atomic E-state index is -10.5. The molecule has 0 saturated heterocycles. The SMILES string of the molecule is O=S(=O)([O-])C(F)(F)C(F)(F)C(F)(F)C(F)(F)C(F)(F)C(F)(F)C(F)(F)C(F)(F)C(F)(F)C(F)(F)C(F)(F)C(F)(F)C(F)(F)C(F)(F)C(F)(F)C(F)(F)C(F)(F)C(F)(F)F.[Na+]. The first kappa shape index (κ1) is 60.4. The van der Waals surface area contributed by atoms with Gasteiger partial charge in [-0.05, 0) is 0 Å². The molecule has 42 heteroatoms. The molecule has 0 aromatic rings. The van der Waals surface area contributed by atoms with E-state index >= 15 is 0 Å². The van der Waals surface area contributed by atoms with Crippen molar-refractivity contribution in [1.29, 1.82) is 0 Å². The summed E-state index contributed by atoms with van der Waals surface area (Å²) < 4.78 is 528. The van der Waals surface area contributed by atoms with Crippen LogP contribution < -0.4 is 29.6 Å². The van der Waals surface area contributed by atoms with E-state index < -0.39 is 116 Å². The Balaban J connectivity index is 0. The Morgan fingerprint density at radius 1 is 0.217 bits per heavy atom. The van der Waals surface area contributed by atoms with Gasteiger partial charge in [0, 0.05) is 0 Å². The average molecular weight is 1020 g/mol. The second-order valence-electron chi connectivity index (χ2n) is 10.7. The molecule has 0 saturated carbocycles. The molecule has 0 unspecified atom stereocenters. The van der Waals surface area contributed by atoms with Gasteiger partial charge in [0.2, 0.25) is 0 Å². The maximum atomic E-state index is 13.9. The molecule has 0 spiro atoms. The fourth-order valence-electron chi connectivity index (χ4n) is 3.28. The predicted molar refractivity (Wildman–Crippen MR) is 99.9 cm³/mol. The second kappa shape index (κ2) is 14.4. The summed E-state index contributed by atoms with van der Waals surface area (Å²) in [5, 5.41) is -8.62. The first-order valence-corrected chi connectivity index (χ1v) is 13.4. The van der Waals surface area contributed by atoms with Crippen LogP contribution in [-0.4, -0.2) is 119 Å². The Kier molecular flexibility index (Phi) is 14.5.